The lowest BCUT2D eigenvalue weighted by Crippen LogP contribution is -1.94. The fraction of sp³-hybridized carbons (Fsp3) is 0.154. The first-order chi connectivity index (χ1) is 8.58. The summed E-state index contributed by atoms with van der Waals surface area (Å²) in [4.78, 5) is 10.4. The summed E-state index contributed by atoms with van der Waals surface area (Å²) in [7, 11) is 1.40. The van der Waals surface area contributed by atoms with Crippen molar-refractivity contribution in [1.82, 2.24) is 0 Å². The van der Waals surface area contributed by atoms with E-state index >= 15 is 0 Å². The summed E-state index contributed by atoms with van der Waals surface area (Å²) in [5.74, 6) is 4.38. The van der Waals surface area contributed by atoms with Gasteiger partial charge in [0.1, 0.15) is 0 Å². The van der Waals surface area contributed by atoms with E-state index in [4.69, 9.17) is 15.6 Å². The zero-order valence-electron chi connectivity index (χ0n) is 9.80. The molecule has 0 bridgehead atoms. The molecule has 0 spiro atoms. The highest BCUT2D eigenvalue weighted by Gasteiger charge is 2.08. The third kappa shape index (κ3) is 3.54. The van der Waals surface area contributed by atoms with Crippen LogP contribution in [0, 0.1) is 11.8 Å². The van der Waals surface area contributed by atoms with Gasteiger partial charge in [-0.1, -0.05) is 11.8 Å². The number of hydrogen-bond acceptors (Lipinski definition) is 4. The molecule has 0 heterocycles. The van der Waals surface area contributed by atoms with Gasteiger partial charge in [0.15, 0.2) is 11.5 Å². The summed E-state index contributed by atoms with van der Waals surface area (Å²) in [6, 6.07) is 3.07. The van der Waals surface area contributed by atoms with Crippen LogP contribution in [0.2, 0.25) is 0 Å². The van der Waals surface area contributed by atoms with Gasteiger partial charge in [-0.3, -0.25) is 0 Å². The number of ether oxygens (including phenoxy) is 1. The molecule has 1 rings (SSSR count). The van der Waals surface area contributed by atoms with Crippen LogP contribution < -0.4 is 10.5 Å². The van der Waals surface area contributed by atoms with Crippen LogP contribution in [0.1, 0.15) is 11.1 Å². The van der Waals surface area contributed by atoms with Crippen LogP contribution in [0.3, 0.4) is 0 Å². The maximum atomic E-state index is 10.4. The average molecular weight is 247 g/mol. The minimum atomic E-state index is -1.06. The lowest BCUT2D eigenvalue weighted by atomic mass is 10.1. The monoisotopic (exact) mass is 247 g/mol. The molecule has 0 unspecified atom stereocenters. The van der Waals surface area contributed by atoms with Crippen LogP contribution >= 0.6 is 0 Å². The first-order valence-corrected chi connectivity index (χ1v) is 5.09. The summed E-state index contributed by atoms with van der Waals surface area (Å²) < 4.78 is 4.98. The lowest BCUT2D eigenvalue weighted by Gasteiger charge is -2.06. The zero-order chi connectivity index (χ0) is 13.5. The number of hydrogen-bond donors (Lipinski definition) is 3. The van der Waals surface area contributed by atoms with Crippen molar-refractivity contribution in [2.24, 2.45) is 5.73 Å². The number of carboxylic acids is 1. The molecule has 18 heavy (non-hydrogen) atoms. The molecule has 5 nitrogen and oxygen atoms in total. The van der Waals surface area contributed by atoms with Crippen molar-refractivity contribution in [1.29, 1.82) is 0 Å². The third-order valence-corrected chi connectivity index (χ3v) is 2.06. The Morgan fingerprint density at radius 3 is 2.83 bits per heavy atom. The molecule has 0 saturated carbocycles. The molecule has 0 fully saturated rings. The number of aromatic hydroxyl groups is 1. The number of phenolic OH excluding ortho intramolecular Hbond substituents is 1. The van der Waals surface area contributed by atoms with Gasteiger partial charge in [0, 0.05) is 6.08 Å². The number of carbonyl (C=O) groups is 1. The van der Waals surface area contributed by atoms with E-state index in [1.165, 1.54) is 19.3 Å². The first kappa shape index (κ1) is 13.6. The Labute approximate surface area is 104 Å². The Hall–Kier alpha value is -2.45. The molecule has 0 aromatic heterocycles. The highest BCUT2D eigenvalue weighted by Crippen LogP contribution is 2.31. The third-order valence-electron chi connectivity index (χ3n) is 2.06. The summed E-state index contributed by atoms with van der Waals surface area (Å²) in [6.45, 7) is 0.164. The molecule has 0 aliphatic rings. The second-order valence-corrected chi connectivity index (χ2v) is 3.30. The number of phenols is 1. The smallest absolute Gasteiger partial charge is 0.328 e. The zero-order valence-corrected chi connectivity index (χ0v) is 9.80. The predicted octanol–water partition coefficient (Wildman–Crippen LogP) is 0.809. The highest BCUT2D eigenvalue weighted by molar-refractivity contribution is 5.85. The van der Waals surface area contributed by atoms with E-state index < -0.39 is 5.97 Å². The standard InChI is InChI=1S/C13H13NO4/c1-18-11-8-9(4-5-12(15)16)7-10(13(11)17)3-2-6-14/h4-5,7-8,17H,6,14H2,1H3,(H,15,16). The normalized spacial score (nSPS) is 9.89. The van der Waals surface area contributed by atoms with Gasteiger partial charge in [-0.25, -0.2) is 4.79 Å². The van der Waals surface area contributed by atoms with Crippen LogP contribution in [0.5, 0.6) is 11.5 Å². The minimum Gasteiger partial charge on any atom is -0.503 e. The second-order valence-electron chi connectivity index (χ2n) is 3.30. The number of rotatable bonds is 3. The number of methoxy groups -OCH3 is 1. The minimum absolute atomic E-state index is 0.0917. The number of carboxylic acid groups (broad SMARTS) is 1. The van der Waals surface area contributed by atoms with E-state index in [-0.39, 0.29) is 18.0 Å². The molecule has 0 aliphatic carbocycles. The molecule has 94 valence electrons. The fourth-order valence-electron chi connectivity index (χ4n) is 1.29. The maximum Gasteiger partial charge on any atom is 0.328 e. The van der Waals surface area contributed by atoms with E-state index in [2.05, 4.69) is 11.8 Å². The second kappa shape index (κ2) is 6.33. The van der Waals surface area contributed by atoms with Crippen molar-refractivity contribution in [2.45, 2.75) is 0 Å². The summed E-state index contributed by atoms with van der Waals surface area (Å²) in [5.41, 5.74) is 6.16. The summed E-state index contributed by atoms with van der Waals surface area (Å²) in [6.07, 6.45) is 2.38. The lowest BCUT2D eigenvalue weighted by molar-refractivity contribution is -0.131. The fourth-order valence-corrected chi connectivity index (χ4v) is 1.29. The van der Waals surface area contributed by atoms with Gasteiger partial charge < -0.3 is 20.7 Å². The van der Waals surface area contributed by atoms with Gasteiger partial charge in [-0.2, -0.15) is 0 Å². The highest BCUT2D eigenvalue weighted by atomic mass is 16.5. The van der Waals surface area contributed by atoms with Gasteiger partial charge in [-0.05, 0) is 23.8 Å². The molecule has 0 atom stereocenters. The van der Waals surface area contributed by atoms with Crippen molar-refractivity contribution in [3.8, 4) is 23.3 Å². The van der Waals surface area contributed by atoms with Crippen LogP contribution in [-0.2, 0) is 4.79 Å². The van der Waals surface area contributed by atoms with Crippen LogP contribution in [0.4, 0.5) is 0 Å². The van der Waals surface area contributed by atoms with Gasteiger partial charge in [0.25, 0.3) is 0 Å². The SMILES string of the molecule is COc1cc(C=CC(=O)O)cc(C#CCN)c1O. The van der Waals surface area contributed by atoms with Crippen LogP contribution in [-0.4, -0.2) is 29.8 Å². The van der Waals surface area contributed by atoms with Crippen molar-refractivity contribution >= 4 is 12.0 Å². The Bertz CT molecular complexity index is 538. The van der Waals surface area contributed by atoms with Crippen LogP contribution in [0.15, 0.2) is 18.2 Å². The molecule has 0 amide bonds. The maximum absolute atomic E-state index is 10.4. The molecule has 0 aliphatic heterocycles. The molecule has 0 radical (unpaired) electrons. The molecule has 1 aromatic rings. The summed E-state index contributed by atoms with van der Waals surface area (Å²) >= 11 is 0. The molecular weight excluding hydrogens is 234 g/mol. The molecule has 5 heteroatoms. The van der Waals surface area contributed by atoms with E-state index in [9.17, 15) is 9.90 Å². The van der Waals surface area contributed by atoms with Gasteiger partial charge in [0.2, 0.25) is 0 Å². The van der Waals surface area contributed by atoms with Crippen molar-refractivity contribution in [3.63, 3.8) is 0 Å². The Morgan fingerprint density at radius 2 is 2.28 bits per heavy atom. The topological polar surface area (TPSA) is 92.8 Å². The number of nitrogens with two attached hydrogens (primary N) is 1. The van der Waals surface area contributed by atoms with Crippen molar-refractivity contribution in [3.05, 3.63) is 29.3 Å². The van der Waals surface area contributed by atoms with E-state index in [0.717, 1.165) is 6.08 Å². The Morgan fingerprint density at radius 1 is 1.56 bits per heavy atom. The van der Waals surface area contributed by atoms with Gasteiger partial charge >= 0.3 is 5.97 Å². The predicted molar refractivity (Wildman–Crippen MR) is 67.3 cm³/mol. The van der Waals surface area contributed by atoms with Crippen molar-refractivity contribution < 1.29 is 19.7 Å². The average Bonchev–Trinajstić information content (AvgIpc) is 2.35. The number of benzene rings is 1. The molecular formula is C13H13NO4. The first-order valence-electron chi connectivity index (χ1n) is 5.09. The number of aliphatic carboxylic acids is 1. The van der Waals surface area contributed by atoms with E-state index in [1.54, 1.807) is 6.07 Å². The molecule has 0 saturated heterocycles. The van der Waals surface area contributed by atoms with Crippen molar-refractivity contribution in [2.75, 3.05) is 13.7 Å². The quantitative estimate of drug-likeness (QED) is 0.543. The van der Waals surface area contributed by atoms with Gasteiger partial charge in [-0.15, -0.1) is 0 Å². The molecule has 4 N–H and O–H groups in total. The largest absolute Gasteiger partial charge is 0.503 e. The van der Waals surface area contributed by atoms with E-state index in [1.807, 2.05) is 0 Å². The Kier molecular flexibility index (Phi) is 4.78. The summed E-state index contributed by atoms with van der Waals surface area (Å²) in [5, 5.41) is 18.4. The molecule has 1 aromatic carbocycles. The van der Waals surface area contributed by atoms with E-state index in [0.29, 0.717) is 11.1 Å². The van der Waals surface area contributed by atoms with Crippen LogP contribution in [0.25, 0.3) is 6.08 Å². The Balaban J connectivity index is 3.25. The van der Waals surface area contributed by atoms with Gasteiger partial charge in [0.05, 0.1) is 19.2 Å².